The Labute approximate surface area is 134 Å². The van der Waals surface area contributed by atoms with E-state index in [0.29, 0.717) is 19.5 Å². The molecular formula is C15H21N7O. The van der Waals surface area contributed by atoms with Crippen molar-refractivity contribution < 1.29 is 5.11 Å². The zero-order chi connectivity index (χ0) is 15.7. The minimum atomic E-state index is -0.799. The van der Waals surface area contributed by atoms with Crippen molar-refractivity contribution in [1.29, 1.82) is 0 Å². The summed E-state index contributed by atoms with van der Waals surface area (Å²) in [5, 5.41) is 18.5. The Morgan fingerprint density at radius 3 is 2.61 bits per heavy atom. The Kier molecular flexibility index (Phi) is 3.60. The summed E-state index contributed by atoms with van der Waals surface area (Å²) in [6.07, 6.45) is 8.16. The van der Waals surface area contributed by atoms with Crippen LogP contribution in [0.5, 0.6) is 0 Å². The third kappa shape index (κ3) is 2.98. The molecule has 1 unspecified atom stereocenters. The van der Waals surface area contributed by atoms with E-state index >= 15 is 0 Å². The second kappa shape index (κ2) is 5.77. The van der Waals surface area contributed by atoms with Gasteiger partial charge in [0.1, 0.15) is 23.6 Å². The molecule has 2 aromatic rings. The first-order valence-electron chi connectivity index (χ1n) is 8.10. The molecule has 0 radical (unpaired) electrons. The Morgan fingerprint density at radius 2 is 1.87 bits per heavy atom. The minimum Gasteiger partial charge on any atom is -0.386 e. The van der Waals surface area contributed by atoms with Gasteiger partial charge in [0.15, 0.2) is 0 Å². The van der Waals surface area contributed by atoms with Gasteiger partial charge < -0.3 is 14.9 Å². The molecular weight excluding hydrogens is 294 g/mol. The minimum absolute atomic E-state index is 0.452. The maximum atomic E-state index is 10.8. The van der Waals surface area contributed by atoms with Crippen molar-refractivity contribution in [3.05, 3.63) is 24.8 Å². The Morgan fingerprint density at radius 1 is 1.09 bits per heavy atom. The molecule has 8 heteroatoms. The van der Waals surface area contributed by atoms with E-state index in [4.69, 9.17) is 0 Å². The predicted octanol–water partition coefficient (Wildman–Crippen LogP) is 0.310. The normalized spacial score (nSPS) is 24.6. The van der Waals surface area contributed by atoms with Crippen LogP contribution in [0.2, 0.25) is 0 Å². The van der Waals surface area contributed by atoms with Gasteiger partial charge in [0, 0.05) is 38.4 Å². The monoisotopic (exact) mass is 315 g/mol. The lowest BCUT2D eigenvalue weighted by atomic mass is 10.0. The first-order chi connectivity index (χ1) is 11.2. The van der Waals surface area contributed by atoms with Crippen LogP contribution in [0, 0.1) is 0 Å². The first-order valence-corrected chi connectivity index (χ1v) is 8.10. The third-order valence-corrected chi connectivity index (χ3v) is 4.65. The van der Waals surface area contributed by atoms with Crippen molar-refractivity contribution in [1.82, 2.24) is 25.0 Å². The van der Waals surface area contributed by atoms with Gasteiger partial charge in [-0.05, 0) is 19.3 Å². The van der Waals surface area contributed by atoms with Gasteiger partial charge in [0.05, 0.1) is 12.7 Å². The lowest BCUT2D eigenvalue weighted by Gasteiger charge is -2.24. The molecule has 4 rings (SSSR count). The van der Waals surface area contributed by atoms with E-state index in [9.17, 15) is 5.11 Å². The molecule has 4 heterocycles. The highest BCUT2D eigenvalue weighted by molar-refractivity contribution is 5.51. The summed E-state index contributed by atoms with van der Waals surface area (Å²) in [6.45, 7) is 3.90. The smallest absolute Gasteiger partial charge is 0.134 e. The summed E-state index contributed by atoms with van der Waals surface area (Å²) in [6, 6.07) is 2.03. The molecule has 23 heavy (non-hydrogen) atoms. The zero-order valence-electron chi connectivity index (χ0n) is 13.0. The number of aliphatic hydroxyl groups is 1. The van der Waals surface area contributed by atoms with E-state index in [1.807, 2.05) is 6.07 Å². The van der Waals surface area contributed by atoms with Crippen molar-refractivity contribution in [2.24, 2.45) is 0 Å². The van der Waals surface area contributed by atoms with Crippen LogP contribution in [0.4, 0.5) is 11.6 Å². The maximum Gasteiger partial charge on any atom is 0.134 e. The number of hydrogen-bond donors (Lipinski definition) is 1. The van der Waals surface area contributed by atoms with Gasteiger partial charge in [0.2, 0.25) is 0 Å². The van der Waals surface area contributed by atoms with Crippen LogP contribution in [0.3, 0.4) is 0 Å². The molecule has 0 spiro atoms. The summed E-state index contributed by atoms with van der Waals surface area (Å²) in [5.41, 5.74) is -0.799. The van der Waals surface area contributed by atoms with Gasteiger partial charge in [-0.1, -0.05) is 5.21 Å². The number of β-amino-alcohol motifs (C(OH)–C–C–N with tert-alkyl or cyclic N) is 1. The molecule has 2 fully saturated rings. The fourth-order valence-electron chi connectivity index (χ4n) is 3.43. The largest absolute Gasteiger partial charge is 0.386 e. The quantitative estimate of drug-likeness (QED) is 0.869. The molecule has 2 saturated heterocycles. The Bertz CT molecular complexity index is 656. The Hall–Kier alpha value is -2.22. The summed E-state index contributed by atoms with van der Waals surface area (Å²) >= 11 is 0. The SMILES string of the molecule is OC1(Cn2ccnn2)CCN(c2cc(N3CCCC3)ncn2)C1. The lowest BCUT2D eigenvalue weighted by Crippen LogP contribution is -2.38. The highest BCUT2D eigenvalue weighted by Gasteiger charge is 2.37. The zero-order valence-corrected chi connectivity index (χ0v) is 13.0. The third-order valence-electron chi connectivity index (χ3n) is 4.65. The summed E-state index contributed by atoms with van der Waals surface area (Å²) in [7, 11) is 0. The van der Waals surface area contributed by atoms with Crippen LogP contribution in [-0.4, -0.2) is 61.8 Å². The molecule has 2 aliphatic rings. The molecule has 2 aliphatic heterocycles. The molecule has 1 N–H and O–H groups in total. The Balaban J connectivity index is 1.47. The highest BCUT2D eigenvalue weighted by atomic mass is 16.3. The second-order valence-electron chi connectivity index (χ2n) is 6.43. The van der Waals surface area contributed by atoms with Gasteiger partial charge >= 0.3 is 0 Å². The van der Waals surface area contributed by atoms with E-state index in [2.05, 4.69) is 30.1 Å². The van der Waals surface area contributed by atoms with E-state index in [-0.39, 0.29) is 0 Å². The first kappa shape index (κ1) is 14.4. The molecule has 8 nitrogen and oxygen atoms in total. The van der Waals surface area contributed by atoms with Gasteiger partial charge in [-0.2, -0.15) is 0 Å². The second-order valence-corrected chi connectivity index (χ2v) is 6.43. The number of anilines is 2. The standard InChI is InChI=1S/C15H21N7O/c23-15(11-22-8-4-18-19-22)3-7-21(10-15)14-9-13(16-12-17-14)20-5-1-2-6-20/h4,8-9,12,23H,1-3,5-7,10-11H2. The van der Waals surface area contributed by atoms with Crippen molar-refractivity contribution in [2.75, 3.05) is 36.0 Å². The summed E-state index contributed by atoms with van der Waals surface area (Å²) < 4.78 is 1.68. The number of nitrogens with zero attached hydrogens (tertiary/aromatic N) is 7. The molecule has 1 atom stereocenters. The predicted molar refractivity (Wildman–Crippen MR) is 85.3 cm³/mol. The van der Waals surface area contributed by atoms with Crippen molar-refractivity contribution in [3.8, 4) is 0 Å². The van der Waals surface area contributed by atoms with E-state index in [1.165, 1.54) is 12.8 Å². The molecule has 122 valence electrons. The maximum absolute atomic E-state index is 10.8. The number of hydrogen-bond acceptors (Lipinski definition) is 7. The van der Waals surface area contributed by atoms with E-state index in [1.54, 1.807) is 23.4 Å². The van der Waals surface area contributed by atoms with Gasteiger partial charge in [0.25, 0.3) is 0 Å². The molecule has 0 bridgehead atoms. The fourth-order valence-corrected chi connectivity index (χ4v) is 3.43. The topological polar surface area (TPSA) is 83.2 Å². The lowest BCUT2D eigenvalue weighted by molar-refractivity contribution is 0.0408. The number of rotatable bonds is 4. The molecule has 2 aromatic heterocycles. The van der Waals surface area contributed by atoms with Crippen molar-refractivity contribution in [2.45, 2.75) is 31.4 Å². The van der Waals surface area contributed by atoms with E-state index < -0.39 is 5.60 Å². The highest BCUT2D eigenvalue weighted by Crippen LogP contribution is 2.28. The average Bonchev–Trinajstić information content (AvgIpc) is 3.29. The summed E-state index contributed by atoms with van der Waals surface area (Å²) in [5.74, 6) is 1.87. The van der Waals surface area contributed by atoms with E-state index in [0.717, 1.165) is 31.3 Å². The van der Waals surface area contributed by atoms with Gasteiger partial charge in [-0.25, -0.2) is 14.6 Å². The van der Waals surface area contributed by atoms with Crippen LogP contribution >= 0.6 is 0 Å². The molecule has 0 aliphatic carbocycles. The molecule has 0 saturated carbocycles. The number of aromatic nitrogens is 5. The fraction of sp³-hybridized carbons (Fsp3) is 0.600. The van der Waals surface area contributed by atoms with Crippen LogP contribution < -0.4 is 9.80 Å². The van der Waals surface area contributed by atoms with Gasteiger partial charge in [-0.3, -0.25) is 0 Å². The van der Waals surface area contributed by atoms with Crippen molar-refractivity contribution >= 4 is 11.6 Å². The average molecular weight is 315 g/mol. The molecule has 0 aromatic carbocycles. The van der Waals surface area contributed by atoms with Crippen molar-refractivity contribution in [3.63, 3.8) is 0 Å². The van der Waals surface area contributed by atoms with Crippen LogP contribution in [-0.2, 0) is 6.54 Å². The van der Waals surface area contributed by atoms with Crippen LogP contribution in [0.25, 0.3) is 0 Å². The summed E-state index contributed by atoms with van der Waals surface area (Å²) in [4.78, 5) is 13.2. The van der Waals surface area contributed by atoms with Gasteiger partial charge in [-0.15, -0.1) is 5.10 Å². The van der Waals surface area contributed by atoms with Crippen LogP contribution in [0.1, 0.15) is 19.3 Å². The molecule has 0 amide bonds. The van der Waals surface area contributed by atoms with Crippen LogP contribution in [0.15, 0.2) is 24.8 Å².